The first kappa shape index (κ1) is 21.7. The largest absolute Gasteiger partial charge is 0.331 e. The van der Waals surface area contributed by atoms with Crippen molar-refractivity contribution in [2.24, 2.45) is 5.92 Å². The summed E-state index contributed by atoms with van der Waals surface area (Å²) in [6, 6.07) is 17.1. The maximum absolute atomic E-state index is 13.7. The summed E-state index contributed by atoms with van der Waals surface area (Å²) in [5.41, 5.74) is 1.95. The SMILES string of the molecule is CC(c1ccccc1)N(C(=O)CN1C(=O)NC2(CCc3ccccc32)C1=O)[C@@H](C)C1CCC1. The van der Waals surface area contributed by atoms with Gasteiger partial charge in [-0.25, -0.2) is 4.79 Å². The molecule has 0 bridgehead atoms. The lowest BCUT2D eigenvalue weighted by Gasteiger charge is -2.43. The number of imide groups is 1. The van der Waals surface area contributed by atoms with E-state index in [-0.39, 0.29) is 30.4 Å². The Morgan fingerprint density at radius 3 is 2.48 bits per heavy atom. The van der Waals surface area contributed by atoms with Crippen molar-refractivity contribution in [2.75, 3.05) is 6.54 Å². The van der Waals surface area contributed by atoms with E-state index in [4.69, 9.17) is 0 Å². The normalized spacial score (nSPS) is 23.8. The summed E-state index contributed by atoms with van der Waals surface area (Å²) >= 11 is 0. The van der Waals surface area contributed by atoms with Gasteiger partial charge in [0.1, 0.15) is 12.1 Å². The first-order valence-electron chi connectivity index (χ1n) is 12.0. The van der Waals surface area contributed by atoms with E-state index in [9.17, 15) is 14.4 Å². The summed E-state index contributed by atoms with van der Waals surface area (Å²) in [7, 11) is 0. The maximum atomic E-state index is 13.7. The second-order valence-corrected chi connectivity index (χ2v) is 9.70. The molecule has 6 heteroatoms. The highest BCUT2D eigenvalue weighted by molar-refractivity contribution is 6.10. The average molecular weight is 446 g/mol. The van der Waals surface area contributed by atoms with E-state index >= 15 is 0 Å². The monoisotopic (exact) mass is 445 g/mol. The molecule has 3 aliphatic rings. The van der Waals surface area contributed by atoms with Gasteiger partial charge in [-0.3, -0.25) is 14.5 Å². The van der Waals surface area contributed by atoms with Crippen LogP contribution in [-0.2, 0) is 21.5 Å². The van der Waals surface area contributed by atoms with E-state index in [1.165, 1.54) is 6.42 Å². The van der Waals surface area contributed by atoms with Crippen molar-refractivity contribution >= 4 is 17.8 Å². The van der Waals surface area contributed by atoms with Gasteiger partial charge in [0.2, 0.25) is 5.91 Å². The lowest BCUT2D eigenvalue weighted by molar-refractivity contribution is -0.143. The van der Waals surface area contributed by atoms with Crippen molar-refractivity contribution in [3.63, 3.8) is 0 Å². The van der Waals surface area contributed by atoms with E-state index < -0.39 is 11.6 Å². The van der Waals surface area contributed by atoms with Crippen LogP contribution in [-0.4, -0.2) is 40.2 Å². The second-order valence-electron chi connectivity index (χ2n) is 9.70. The molecule has 2 aromatic rings. The highest BCUT2D eigenvalue weighted by Gasteiger charge is 2.55. The van der Waals surface area contributed by atoms with Gasteiger partial charge in [0.05, 0.1) is 6.04 Å². The number of nitrogens with one attached hydrogen (secondary N) is 1. The maximum Gasteiger partial charge on any atom is 0.325 e. The molecule has 1 saturated carbocycles. The zero-order valence-electron chi connectivity index (χ0n) is 19.3. The molecule has 2 unspecified atom stereocenters. The topological polar surface area (TPSA) is 69.7 Å². The zero-order chi connectivity index (χ0) is 23.2. The minimum atomic E-state index is -1.04. The van der Waals surface area contributed by atoms with E-state index in [1.54, 1.807) is 0 Å². The molecule has 33 heavy (non-hydrogen) atoms. The highest BCUT2D eigenvalue weighted by atomic mass is 16.2. The number of amides is 4. The van der Waals surface area contributed by atoms with Crippen molar-refractivity contribution in [1.82, 2.24) is 15.1 Å². The lowest BCUT2D eigenvalue weighted by atomic mass is 9.79. The number of carbonyl (C=O) groups is 3. The van der Waals surface area contributed by atoms with Crippen LogP contribution < -0.4 is 5.32 Å². The van der Waals surface area contributed by atoms with Gasteiger partial charge in [0, 0.05) is 6.04 Å². The van der Waals surface area contributed by atoms with Crippen LogP contribution in [0.25, 0.3) is 0 Å². The fraction of sp³-hybridized carbons (Fsp3) is 0.444. The molecular weight excluding hydrogens is 414 g/mol. The van der Waals surface area contributed by atoms with Crippen LogP contribution in [0, 0.1) is 5.92 Å². The smallest absolute Gasteiger partial charge is 0.325 e. The van der Waals surface area contributed by atoms with Gasteiger partial charge < -0.3 is 10.2 Å². The molecule has 1 N–H and O–H groups in total. The molecule has 1 saturated heterocycles. The molecule has 3 atom stereocenters. The van der Waals surface area contributed by atoms with Crippen molar-refractivity contribution in [3.05, 3.63) is 71.3 Å². The number of fused-ring (bicyclic) bond motifs is 2. The zero-order valence-corrected chi connectivity index (χ0v) is 19.3. The van der Waals surface area contributed by atoms with Crippen LogP contribution in [0.1, 0.15) is 62.3 Å². The van der Waals surface area contributed by atoms with Crippen molar-refractivity contribution in [3.8, 4) is 0 Å². The van der Waals surface area contributed by atoms with Crippen LogP contribution in [0.2, 0.25) is 0 Å². The number of nitrogens with zero attached hydrogens (tertiary/aromatic N) is 2. The van der Waals surface area contributed by atoms with Crippen LogP contribution in [0.15, 0.2) is 54.6 Å². The van der Waals surface area contributed by atoms with Crippen molar-refractivity contribution < 1.29 is 14.4 Å². The minimum absolute atomic E-state index is 0.0448. The molecule has 2 aromatic carbocycles. The van der Waals surface area contributed by atoms with Crippen LogP contribution in [0.3, 0.4) is 0 Å². The van der Waals surface area contributed by atoms with Crippen LogP contribution >= 0.6 is 0 Å². The standard InChI is InChI=1S/C27H31N3O3/c1-18(20-9-4-3-5-10-20)30(19(2)21-12-8-13-21)24(31)17-29-25(32)27(28-26(29)33)16-15-22-11-6-7-14-23(22)27/h3-7,9-11,14,18-19,21H,8,12-13,15-17H2,1-2H3,(H,28,33)/t18?,19-,27?/m0/s1. The van der Waals surface area contributed by atoms with Crippen LogP contribution in [0.5, 0.6) is 0 Å². The Bertz CT molecular complexity index is 1080. The second kappa shape index (κ2) is 8.32. The molecule has 0 radical (unpaired) electrons. The first-order valence-corrected chi connectivity index (χ1v) is 12.0. The molecule has 1 spiro atoms. The average Bonchev–Trinajstić information content (AvgIpc) is 3.26. The summed E-state index contributed by atoms with van der Waals surface area (Å²) in [4.78, 5) is 43.2. The lowest BCUT2D eigenvalue weighted by Crippen LogP contribution is -2.51. The highest BCUT2D eigenvalue weighted by Crippen LogP contribution is 2.41. The third-order valence-corrected chi connectivity index (χ3v) is 7.97. The summed E-state index contributed by atoms with van der Waals surface area (Å²) < 4.78 is 0. The van der Waals surface area contributed by atoms with Gasteiger partial charge in [0.25, 0.3) is 5.91 Å². The Kier molecular flexibility index (Phi) is 5.47. The third-order valence-electron chi connectivity index (χ3n) is 7.97. The Morgan fingerprint density at radius 2 is 1.79 bits per heavy atom. The van der Waals surface area contributed by atoms with Crippen molar-refractivity contribution in [1.29, 1.82) is 0 Å². The van der Waals surface area contributed by atoms with E-state index in [1.807, 2.05) is 66.4 Å². The van der Waals surface area contributed by atoms with Gasteiger partial charge in [0.15, 0.2) is 0 Å². The predicted molar refractivity (Wildman–Crippen MR) is 125 cm³/mol. The van der Waals surface area contributed by atoms with E-state index in [0.717, 1.165) is 40.9 Å². The number of carbonyl (C=O) groups excluding carboxylic acids is 3. The summed E-state index contributed by atoms with van der Waals surface area (Å²) in [6.07, 6.45) is 4.67. The quantitative estimate of drug-likeness (QED) is 0.679. The van der Waals surface area contributed by atoms with Gasteiger partial charge in [-0.1, -0.05) is 61.0 Å². The molecule has 172 valence electrons. The fourth-order valence-corrected chi connectivity index (χ4v) is 5.79. The van der Waals surface area contributed by atoms with Gasteiger partial charge >= 0.3 is 6.03 Å². The number of hydrogen-bond donors (Lipinski definition) is 1. The Balaban J connectivity index is 1.40. The van der Waals surface area contributed by atoms with E-state index in [2.05, 4.69) is 12.2 Å². The molecule has 4 amide bonds. The van der Waals surface area contributed by atoms with Crippen molar-refractivity contribution in [2.45, 2.75) is 63.6 Å². The molecule has 0 aromatic heterocycles. The molecule has 1 heterocycles. The summed E-state index contributed by atoms with van der Waals surface area (Å²) in [6.45, 7) is 3.90. The van der Waals surface area contributed by atoms with Gasteiger partial charge in [-0.2, -0.15) is 0 Å². The molecule has 6 nitrogen and oxygen atoms in total. The summed E-state index contributed by atoms with van der Waals surface area (Å²) in [5.74, 6) is -0.0386. The first-order chi connectivity index (χ1) is 15.9. The Labute approximate surface area is 194 Å². The number of benzene rings is 2. The summed E-state index contributed by atoms with van der Waals surface area (Å²) in [5, 5.41) is 2.93. The van der Waals surface area contributed by atoms with E-state index in [0.29, 0.717) is 12.3 Å². The van der Waals surface area contributed by atoms with Crippen LogP contribution in [0.4, 0.5) is 4.79 Å². The Morgan fingerprint density at radius 1 is 1.09 bits per heavy atom. The molecule has 2 fully saturated rings. The molecule has 1 aliphatic heterocycles. The number of aryl methyl sites for hydroxylation is 1. The number of urea groups is 1. The number of rotatable bonds is 6. The van der Waals surface area contributed by atoms with Gasteiger partial charge in [-0.15, -0.1) is 0 Å². The molecule has 5 rings (SSSR count). The Hall–Kier alpha value is -3.15. The third kappa shape index (κ3) is 3.52. The minimum Gasteiger partial charge on any atom is -0.331 e. The predicted octanol–water partition coefficient (Wildman–Crippen LogP) is 4.16. The fourth-order valence-electron chi connectivity index (χ4n) is 5.79. The molecule has 2 aliphatic carbocycles. The van der Waals surface area contributed by atoms with Gasteiger partial charge in [-0.05, 0) is 62.1 Å². The molecular formula is C27H31N3O3. The number of hydrogen-bond acceptors (Lipinski definition) is 3.